The predicted molar refractivity (Wildman–Crippen MR) is 136 cm³/mol. The van der Waals surface area contributed by atoms with Gasteiger partial charge in [0.15, 0.2) is 0 Å². The largest absolute Gasteiger partial charge is 0.459 e. The minimum atomic E-state index is -0.792. The van der Waals surface area contributed by atoms with Crippen LogP contribution in [0.5, 0.6) is 0 Å². The second-order valence-electron chi connectivity index (χ2n) is 12.9. The maximum atomic E-state index is 12.9. The number of nitrogens with zero attached hydrogens (tertiary/aromatic N) is 2. The number of hydrogen-bond donors (Lipinski definition) is 0. The number of ether oxygens (including phenoxy) is 4. The lowest BCUT2D eigenvalue weighted by atomic mass is 10.2. The first-order chi connectivity index (χ1) is 15.9. The van der Waals surface area contributed by atoms with Crippen LogP contribution < -0.4 is 0 Å². The minimum absolute atomic E-state index is 0.0141. The third-order valence-corrected chi connectivity index (χ3v) is 4.00. The Hall–Kier alpha value is -2.36. The maximum Gasteiger partial charge on any atom is 0.410 e. The van der Waals surface area contributed by atoms with Crippen molar-refractivity contribution < 1.29 is 38.1 Å². The van der Waals surface area contributed by atoms with Gasteiger partial charge in [-0.3, -0.25) is 24.2 Å². The zero-order valence-corrected chi connectivity index (χ0v) is 24.6. The number of carbonyl (C=O) groups is 4. The first-order valence-electron chi connectivity index (χ1n) is 12.2. The Bertz CT molecular complexity index is 737. The molecular formula is C26H48N2O8. The summed E-state index contributed by atoms with van der Waals surface area (Å²) in [6.45, 7) is 21.8. The van der Waals surface area contributed by atoms with E-state index in [0.717, 1.165) is 0 Å². The Kier molecular flexibility index (Phi) is 11.9. The first-order valence-corrected chi connectivity index (χ1v) is 12.2. The van der Waals surface area contributed by atoms with Crippen molar-refractivity contribution in [2.45, 2.75) is 118 Å². The molecule has 0 fully saturated rings. The summed E-state index contributed by atoms with van der Waals surface area (Å²) in [7, 11) is 0. The van der Waals surface area contributed by atoms with Gasteiger partial charge in [0.2, 0.25) is 0 Å². The number of esters is 3. The molecule has 0 aromatic rings. The fraction of sp³-hybridized carbons (Fsp3) is 0.846. The van der Waals surface area contributed by atoms with Gasteiger partial charge in [0.1, 0.15) is 28.9 Å². The summed E-state index contributed by atoms with van der Waals surface area (Å²) in [6.07, 6.45) is -0.713. The monoisotopic (exact) mass is 516 g/mol. The molecule has 10 nitrogen and oxygen atoms in total. The van der Waals surface area contributed by atoms with Gasteiger partial charge in [0, 0.05) is 12.6 Å². The molecule has 0 aliphatic rings. The van der Waals surface area contributed by atoms with E-state index in [1.807, 2.05) is 0 Å². The van der Waals surface area contributed by atoms with Gasteiger partial charge in [-0.2, -0.15) is 0 Å². The van der Waals surface area contributed by atoms with Gasteiger partial charge >= 0.3 is 24.0 Å². The van der Waals surface area contributed by atoms with E-state index in [1.54, 1.807) is 94.9 Å². The van der Waals surface area contributed by atoms with Crippen LogP contribution in [0.3, 0.4) is 0 Å². The number of rotatable bonds is 9. The summed E-state index contributed by atoms with van der Waals surface area (Å²) in [5.41, 5.74) is -2.95. The molecule has 0 bridgehead atoms. The van der Waals surface area contributed by atoms with E-state index in [4.69, 9.17) is 18.9 Å². The number of carbonyl (C=O) groups excluding carboxylic acids is 4. The molecular weight excluding hydrogens is 468 g/mol. The van der Waals surface area contributed by atoms with Crippen molar-refractivity contribution in [3.05, 3.63) is 0 Å². The highest BCUT2D eigenvalue weighted by Crippen LogP contribution is 2.15. The lowest BCUT2D eigenvalue weighted by Crippen LogP contribution is -2.51. The normalized spacial score (nSPS) is 13.6. The van der Waals surface area contributed by atoms with Gasteiger partial charge in [-0.25, -0.2) is 4.79 Å². The standard InChI is InChI=1S/C26H48N2O8/c1-18(14-28(22(32)36-26(11,12)13)17-21(31)35-25(8,9)10)27(15-19(29)33-23(2,3)4)16-20(30)34-24(5,6)7/h18H,14-17H2,1-13H3/t18-/m0/s1. The van der Waals surface area contributed by atoms with Crippen LogP contribution in [0.1, 0.15) is 90.0 Å². The molecule has 0 saturated heterocycles. The Morgan fingerprint density at radius 3 is 1.17 bits per heavy atom. The summed E-state index contributed by atoms with van der Waals surface area (Å²) in [5.74, 6) is -1.67. The quantitative estimate of drug-likeness (QED) is 0.332. The van der Waals surface area contributed by atoms with Gasteiger partial charge < -0.3 is 18.9 Å². The number of amides is 1. The van der Waals surface area contributed by atoms with E-state index in [2.05, 4.69) is 0 Å². The topological polar surface area (TPSA) is 112 Å². The molecule has 0 unspecified atom stereocenters. The molecule has 0 rings (SSSR count). The van der Waals surface area contributed by atoms with Gasteiger partial charge in [-0.1, -0.05) is 0 Å². The summed E-state index contributed by atoms with van der Waals surface area (Å²) in [5, 5.41) is 0. The molecule has 0 aromatic heterocycles. The third kappa shape index (κ3) is 17.1. The molecule has 0 aliphatic carbocycles. The zero-order valence-electron chi connectivity index (χ0n) is 24.6. The first kappa shape index (κ1) is 33.6. The molecule has 0 aliphatic heterocycles. The van der Waals surface area contributed by atoms with E-state index in [-0.39, 0.29) is 26.2 Å². The molecule has 0 N–H and O–H groups in total. The van der Waals surface area contributed by atoms with Crippen molar-refractivity contribution in [3.63, 3.8) is 0 Å². The molecule has 0 saturated carbocycles. The van der Waals surface area contributed by atoms with Crippen molar-refractivity contribution in [2.75, 3.05) is 26.2 Å². The molecule has 1 atom stereocenters. The van der Waals surface area contributed by atoms with E-state index in [1.165, 1.54) is 4.90 Å². The van der Waals surface area contributed by atoms with Gasteiger partial charge in [-0.15, -0.1) is 0 Å². The molecule has 36 heavy (non-hydrogen) atoms. The summed E-state index contributed by atoms with van der Waals surface area (Å²) in [6, 6.07) is -0.542. The van der Waals surface area contributed by atoms with Crippen LogP contribution in [0.15, 0.2) is 0 Å². The van der Waals surface area contributed by atoms with Crippen molar-refractivity contribution in [3.8, 4) is 0 Å². The van der Waals surface area contributed by atoms with Crippen LogP contribution in [-0.4, -0.2) is 88.4 Å². The minimum Gasteiger partial charge on any atom is -0.459 e. The lowest BCUT2D eigenvalue weighted by Gasteiger charge is -2.34. The maximum absolute atomic E-state index is 12.9. The van der Waals surface area contributed by atoms with Crippen LogP contribution in [0.4, 0.5) is 4.79 Å². The average molecular weight is 517 g/mol. The lowest BCUT2D eigenvalue weighted by molar-refractivity contribution is -0.162. The van der Waals surface area contributed by atoms with E-state index >= 15 is 0 Å². The van der Waals surface area contributed by atoms with Crippen LogP contribution in [-0.2, 0) is 33.3 Å². The molecule has 10 heteroatoms. The van der Waals surface area contributed by atoms with E-state index in [9.17, 15) is 19.2 Å². The van der Waals surface area contributed by atoms with Crippen LogP contribution in [0.2, 0.25) is 0 Å². The molecule has 0 radical (unpaired) electrons. The van der Waals surface area contributed by atoms with Gasteiger partial charge in [-0.05, 0) is 90.0 Å². The molecule has 1 amide bonds. The smallest absolute Gasteiger partial charge is 0.410 e. The van der Waals surface area contributed by atoms with Gasteiger partial charge in [0.25, 0.3) is 0 Å². The van der Waals surface area contributed by atoms with Gasteiger partial charge in [0.05, 0.1) is 13.1 Å². The van der Waals surface area contributed by atoms with Crippen molar-refractivity contribution in [1.82, 2.24) is 9.80 Å². The molecule has 0 spiro atoms. The Morgan fingerprint density at radius 1 is 0.556 bits per heavy atom. The highest BCUT2D eigenvalue weighted by Gasteiger charge is 2.31. The highest BCUT2D eigenvalue weighted by molar-refractivity contribution is 5.79. The van der Waals surface area contributed by atoms with E-state index < -0.39 is 52.4 Å². The fourth-order valence-electron chi connectivity index (χ4n) is 2.94. The second kappa shape index (κ2) is 12.7. The third-order valence-electron chi connectivity index (χ3n) is 4.00. The van der Waals surface area contributed by atoms with Crippen LogP contribution >= 0.6 is 0 Å². The summed E-state index contributed by atoms with van der Waals surface area (Å²) < 4.78 is 21.7. The molecule has 210 valence electrons. The highest BCUT2D eigenvalue weighted by atomic mass is 16.6. The zero-order chi connectivity index (χ0) is 28.7. The summed E-state index contributed by atoms with van der Waals surface area (Å²) >= 11 is 0. The Labute approximate surface area is 216 Å². The fourth-order valence-corrected chi connectivity index (χ4v) is 2.94. The van der Waals surface area contributed by atoms with Crippen LogP contribution in [0.25, 0.3) is 0 Å². The Balaban J connectivity index is 5.85. The van der Waals surface area contributed by atoms with Crippen molar-refractivity contribution in [1.29, 1.82) is 0 Å². The number of hydrogen-bond acceptors (Lipinski definition) is 9. The predicted octanol–water partition coefficient (Wildman–Crippen LogP) is 3.94. The van der Waals surface area contributed by atoms with E-state index in [0.29, 0.717) is 0 Å². The SMILES string of the molecule is C[C@@H](CN(CC(=O)OC(C)(C)C)C(=O)OC(C)(C)C)N(CC(=O)OC(C)(C)C)CC(=O)OC(C)(C)C. The summed E-state index contributed by atoms with van der Waals surface area (Å²) in [4.78, 5) is 53.4. The molecule has 0 heterocycles. The van der Waals surface area contributed by atoms with Crippen LogP contribution in [0, 0.1) is 0 Å². The molecule has 0 aromatic carbocycles. The Morgan fingerprint density at radius 2 is 0.861 bits per heavy atom. The van der Waals surface area contributed by atoms with Crippen molar-refractivity contribution >= 4 is 24.0 Å². The second-order valence-corrected chi connectivity index (χ2v) is 12.9. The van der Waals surface area contributed by atoms with Crippen molar-refractivity contribution in [2.24, 2.45) is 0 Å². The average Bonchev–Trinajstić information content (AvgIpc) is 2.53.